The highest BCUT2D eigenvalue weighted by molar-refractivity contribution is 7.86. The molecule has 0 aliphatic heterocycles. The van der Waals surface area contributed by atoms with Crippen LogP contribution in [0.4, 0.5) is 0 Å². The summed E-state index contributed by atoms with van der Waals surface area (Å²) >= 11 is 2.40. The van der Waals surface area contributed by atoms with Crippen molar-refractivity contribution in [1.82, 2.24) is 21.4 Å². The summed E-state index contributed by atoms with van der Waals surface area (Å²) in [7, 11) is -9.14. The Balaban J connectivity index is 0.00000204. The zero-order valence-electron chi connectivity index (χ0n) is 19.2. The van der Waals surface area contributed by atoms with E-state index in [1.807, 2.05) is 23.0 Å². The van der Waals surface area contributed by atoms with Crippen LogP contribution in [-0.4, -0.2) is 40.6 Å². The van der Waals surface area contributed by atoms with E-state index in [0.29, 0.717) is 32.1 Å². The van der Waals surface area contributed by atoms with Gasteiger partial charge in [-0.3, -0.25) is 0 Å². The third-order valence-corrected chi connectivity index (χ3v) is 8.46. The summed E-state index contributed by atoms with van der Waals surface area (Å²) in [6.07, 6.45) is 0. The molecule has 10 N–H and O–H groups in total. The van der Waals surface area contributed by atoms with Crippen LogP contribution >= 0.6 is 22.7 Å². The largest absolute Gasteiger partial charge is 0.744 e. The zero-order valence-corrected chi connectivity index (χ0v) is 22.5. The third-order valence-electron chi connectivity index (χ3n) is 4.74. The first-order valence-electron chi connectivity index (χ1n) is 9.29. The molecule has 2 aromatic heterocycles. The molecule has 35 heavy (non-hydrogen) atoms. The van der Waals surface area contributed by atoms with Gasteiger partial charge in [0.2, 0.25) is 9.60 Å². The predicted octanol–water partition coefficient (Wildman–Crippen LogP) is 1.91. The number of thiazole rings is 2. The molecule has 0 saturated heterocycles. The molecule has 194 valence electrons. The third kappa shape index (κ3) is 5.85. The van der Waals surface area contributed by atoms with Crippen molar-refractivity contribution in [2.45, 2.75) is 36.7 Å². The molecule has 0 amide bonds. The van der Waals surface area contributed by atoms with E-state index in [0.717, 1.165) is 11.0 Å². The smallest absolute Gasteiger partial charge is 0.211 e. The van der Waals surface area contributed by atoms with Crippen LogP contribution < -0.4 is 21.9 Å². The lowest BCUT2D eigenvalue weighted by molar-refractivity contribution is 0.461. The van der Waals surface area contributed by atoms with Gasteiger partial charge in [0.25, 0.3) is 0 Å². The van der Waals surface area contributed by atoms with E-state index in [1.165, 1.54) is 46.9 Å². The molecular weight excluding hydrogens is 541 g/mol. The van der Waals surface area contributed by atoms with Crippen molar-refractivity contribution in [3.05, 3.63) is 46.0 Å². The van der Waals surface area contributed by atoms with E-state index in [2.05, 4.69) is 10.2 Å². The Hall–Kier alpha value is -2.48. The Labute approximate surface area is 208 Å². The molecule has 0 fully saturated rings. The van der Waals surface area contributed by atoms with E-state index in [-0.39, 0.29) is 27.6 Å². The molecule has 2 aromatic carbocycles. The number of aromatic nitrogens is 2. The predicted molar refractivity (Wildman–Crippen MR) is 134 cm³/mol. The van der Waals surface area contributed by atoms with Crippen molar-refractivity contribution in [3.63, 3.8) is 0 Å². The van der Waals surface area contributed by atoms with Crippen LogP contribution in [0.2, 0.25) is 0 Å². The molecule has 0 aliphatic carbocycles. The summed E-state index contributed by atoms with van der Waals surface area (Å²) in [6, 6.07) is 8.31. The first-order valence-corrected chi connectivity index (χ1v) is 13.7. The number of aryl methyl sites for hydroxylation is 2. The Kier molecular flexibility index (Phi) is 9.66. The van der Waals surface area contributed by atoms with Crippen LogP contribution in [0.15, 0.2) is 56.4 Å². The van der Waals surface area contributed by atoms with E-state index >= 15 is 0 Å². The SMILES string of the molecule is CCn1/c(=N/N=c2\sc3cc(S(=O)(=O)[O-])ccc3n2CC)sc2cc(S(=O)(=O)[O-])ccc21.O.[NH4+].[NH4+]. The number of benzene rings is 2. The minimum absolute atomic E-state index is 0. The number of hydrogen-bond donors (Lipinski definition) is 2. The van der Waals surface area contributed by atoms with Gasteiger partial charge in [0.05, 0.1) is 30.2 Å². The minimum Gasteiger partial charge on any atom is -0.744 e. The highest BCUT2D eigenvalue weighted by Gasteiger charge is 2.10. The second kappa shape index (κ2) is 11.1. The molecule has 0 unspecified atom stereocenters. The van der Waals surface area contributed by atoms with Crippen LogP contribution in [-0.2, 0) is 33.3 Å². The van der Waals surface area contributed by atoms with Crippen LogP contribution in [0.5, 0.6) is 0 Å². The van der Waals surface area contributed by atoms with Crippen molar-refractivity contribution >= 4 is 63.3 Å². The number of quaternary nitrogens is 2. The summed E-state index contributed by atoms with van der Waals surface area (Å²) in [4.78, 5) is 0.391. The zero-order chi connectivity index (χ0) is 23.3. The highest BCUT2D eigenvalue weighted by atomic mass is 32.2. The van der Waals surface area contributed by atoms with Crippen molar-refractivity contribution in [2.75, 3.05) is 0 Å². The summed E-state index contributed by atoms with van der Waals surface area (Å²) in [5, 5.41) is 8.68. The molecule has 17 heteroatoms. The van der Waals surface area contributed by atoms with Crippen LogP contribution in [0.3, 0.4) is 0 Å². The van der Waals surface area contributed by atoms with Gasteiger partial charge in [-0.15, -0.1) is 10.2 Å². The number of fused-ring (bicyclic) bond motifs is 2. The van der Waals surface area contributed by atoms with Crippen LogP contribution in [0.25, 0.3) is 20.4 Å². The van der Waals surface area contributed by atoms with E-state index in [4.69, 9.17) is 0 Å². The maximum absolute atomic E-state index is 11.3. The number of hydrogen-bond acceptors (Lipinski definition) is 10. The Morgan fingerprint density at radius 1 is 0.743 bits per heavy atom. The first-order chi connectivity index (χ1) is 15.0. The second-order valence-electron chi connectivity index (χ2n) is 6.63. The fraction of sp³-hybridized carbons (Fsp3) is 0.222. The average molecular weight is 567 g/mol. The molecule has 0 aliphatic rings. The number of rotatable bonds is 5. The van der Waals surface area contributed by atoms with E-state index < -0.39 is 20.2 Å². The lowest BCUT2D eigenvalue weighted by Gasteiger charge is -2.06. The molecule has 0 atom stereocenters. The fourth-order valence-corrected chi connectivity index (χ4v) is 6.58. The molecule has 0 saturated carbocycles. The monoisotopic (exact) mass is 566 g/mol. The maximum Gasteiger partial charge on any atom is 0.211 e. The van der Waals surface area contributed by atoms with Crippen molar-refractivity contribution in [1.29, 1.82) is 0 Å². The quantitative estimate of drug-likeness (QED) is 0.269. The summed E-state index contributed by atoms with van der Waals surface area (Å²) in [6.45, 7) is 4.89. The van der Waals surface area contributed by atoms with Gasteiger partial charge in [0.15, 0.2) is 0 Å². The topological polar surface area (TPSA) is 253 Å². The summed E-state index contributed by atoms with van der Waals surface area (Å²) in [5.41, 5.74) is 1.45. The van der Waals surface area contributed by atoms with Crippen molar-refractivity contribution < 1.29 is 31.4 Å². The van der Waals surface area contributed by atoms with Crippen LogP contribution in [0, 0.1) is 0 Å². The molecule has 13 nitrogen and oxygen atoms in total. The lowest BCUT2D eigenvalue weighted by Crippen LogP contribution is -2.16. The van der Waals surface area contributed by atoms with Gasteiger partial charge in [0, 0.05) is 13.1 Å². The molecular formula is C18H26N6O7S4. The molecule has 0 bridgehead atoms. The lowest BCUT2D eigenvalue weighted by atomic mass is 10.3. The van der Waals surface area contributed by atoms with Crippen LogP contribution in [0.1, 0.15) is 13.8 Å². The number of nitrogens with zero attached hydrogens (tertiary/aromatic N) is 4. The van der Waals surface area contributed by atoms with Gasteiger partial charge in [0.1, 0.15) is 20.2 Å². The van der Waals surface area contributed by atoms with Gasteiger partial charge in [-0.25, -0.2) is 16.8 Å². The molecule has 4 rings (SSSR count). The van der Waals surface area contributed by atoms with Gasteiger partial charge < -0.3 is 36.0 Å². The molecule has 0 spiro atoms. The second-order valence-corrected chi connectivity index (χ2v) is 11.4. The van der Waals surface area contributed by atoms with E-state index in [1.54, 1.807) is 12.1 Å². The first kappa shape index (κ1) is 30.6. The van der Waals surface area contributed by atoms with Crippen molar-refractivity contribution in [3.8, 4) is 0 Å². The fourth-order valence-electron chi connectivity index (χ4n) is 3.27. The molecule has 2 heterocycles. The molecule has 0 radical (unpaired) electrons. The maximum atomic E-state index is 11.3. The highest BCUT2D eigenvalue weighted by Crippen LogP contribution is 2.23. The Morgan fingerprint density at radius 3 is 1.37 bits per heavy atom. The standard InChI is InChI=1S/C18H18N4O6S4.2H3N.H2O/c1-3-21-13-7-5-11(31(23,24)25)9-15(13)29-17(21)19-20-18-22(4-2)14-8-6-12(32(26,27)28)10-16(14)30-18;;;/h5-10H,3-4H2,1-2H3,(H,23,24,25)(H,26,27,28);2*1H3;1H2/b19-17-,20-18-;;;. The minimum atomic E-state index is -4.57. The average Bonchev–Trinajstić information content (AvgIpc) is 3.26. The summed E-state index contributed by atoms with van der Waals surface area (Å²) < 4.78 is 72.9. The molecule has 4 aromatic rings. The van der Waals surface area contributed by atoms with Gasteiger partial charge in [-0.2, -0.15) is 0 Å². The van der Waals surface area contributed by atoms with Crippen molar-refractivity contribution in [2.24, 2.45) is 10.2 Å². The van der Waals surface area contributed by atoms with Gasteiger partial charge >= 0.3 is 0 Å². The Bertz CT molecular complexity index is 1590. The summed E-state index contributed by atoms with van der Waals surface area (Å²) in [5.74, 6) is 0. The van der Waals surface area contributed by atoms with Gasteiger partial charge in [-0.05, 0) is 50.2 Å². The Morgan fingerprint density at radius 2 is 1.09 bits per heavy atom. The normalized spacial score (nSPS) is 12.9. The van der Waals surface area contributed by atoms with E-state index in [9.17, 15) is 25.9 Å². The van der Waals surface area contributed by atoms with Gasteiger partial charge in [-0.1, -0.05) is 22.7 Å².